The maximum absolute atomic E-state index is 5.51. The van der Waals surface area contributed by atoms with Crippen LogP contribution in [0.2, 0.25) is 0 Å². The largest absolute Gasteiger partial charge is 0.382 e. The van der Waals surface area contributed by atoms with Gasteiger partial charge in [-0.05, 0) is 45.2 Å². The fourth-order valence-electron chi connectivity index (χ4n) is 3.62. The summed E-state index contributed by atoms with van der Waals surface area (Å²) in [7, 11) is 1.70. The molecule has 1 atom stereocenters. The number of ether oxygens (including phenoxy) is 2. The highest BCUT2D eigenvalue weighted by molar-refractivity contribution is 14.0. The van der Waals surface area contributed by atoms with E-state index in [9.17, 15) is 0 Å². The van der Waals surface area contributed by atoms with Crippen LogP contribution in [0, 0.1) is 5.92 Å². The molecule has 1 aliphatic heterocycles. The molecule has 0 aliphatic carbocycles. The van der Waals surface area contributed by atoms with E-state index in [1.807, 2.05) is 0 Å². The average Bonchev–Trinajstić information content (AvgIpc) is 3.18. The second-order valence-corrected chi connectivity index (χ2v) is 6.99. The van der Waals surface area contributed by atoms with Gasteiger partial charge in [-0.1, -0.05) is 26.7 Å². The summed E-state index contributed by atoms with van der Waals surface area (Å²) >= 11 is 0. The van der Waals surface area contributed by atoms with Gasteiger partial charge in [0, 0.05) is 32.8 Å². The highest BCUT2D eigenvalue weighted by Gasteiger charge is 2.27. The van der Waals surface area contributed by atoms with Gasteiger partial charge in [0.05, 0.1) is 19.8 Å². The van der Waals surface area contributed by atoms with Crippen molar-refractivity contribution >= 4 is 29.9 Å². The third-order valence-corrected chi connectivity index (χ3v) is 5.17. The topological polar surface area (TPSA) is 58.1 Å². The summed E-state index contributed by atoms with van der Waals surface area (Å²) in [5.74, 6) is 1.66. The van der Waals surface area contributed by atoms with Crippen molar-refractivity contribution in [1.82, 2.24) is 15.5 Å². The van der Waals surface area contributed by atoms with Gasteiger partial charge in [-0.15, -0.1) is 24.0 Å². The molecular weight excluding hydrogens is 455 g/mol. The molecule has 1 fully saturated rings. The Balaban J connectivity index is 0.00000676. The molecule has 0 bridgehead atoms. The highest BCUT2D eigenvalue weighted by Crippen LogP contribution is 2.23. The van der Waals surface area contributed by atoms with Crippen molar-refractivity contribution in [2.45, 2.75) is 58.9 Å². The van der Waals surface area contributed by atoms with Gasteiger partial charge in [-0.3, -0.25) is 9.89 Å². The SMILES string of the molecule is CCNC(=NCC(C(CC)CC)N1CCCC1)NCCCOCCOC.I. The van der Waals surface area contributed by atoms with Crippen molar-refractivity contribution in [2.24, 2.45) is 10.9 Å². The monoisotopic (exact) mass is 498 g/mol. The Labute approximate surface area is 184 Å². The molecule has 0 aromatic rings. The fraction of sp³-hybridized carbons (Fsp3) is 0.950. The van der Waals surface area contributed by atoms with Crippen LogP contribution in [0.5, 0.6) is 0 Å². The summed E-state index contributed by atoms with van der Waals surface area (Å²) < 4.78 is 10.5. The second-order valence-electron chi connectivity index (χ2n) is 6.99. The van der Waals surface area contributed by atoms with E-state index < -0.39 is 0 Å². The van der Waals surface area contributed by atoms with Crippen molar-refractivity contribution < 1.29 is 9.47 Å². The number of hydrogen-bond donors (Lipinski definition) is 2. The predicted molar refractivity (Wildman–Crippen MR) is 125 cm³/mol. The molecule has 7 heteroatoms. The zero-order valence-electron chi connectivity index (χ0n) is 18.0. The Morgan fingerprint density at radius 3 is 2.33 bits per heavy atom. The van der Waals surface area contributed by atoms with Crippen molar-refractivity contribution in [1.29, 1.82) is 0 Å². The first kappa shape index (κ1) is 26.9. The van der Waals surface area contributed by atoms with Gasteiger partial charge in [0.1, 0.15) is 0 Å². The number of hydrogen-bond acceptors (Lipinski definition) is 4. The molecule has 2 N–H and O–H groups in total. The smallest absolute Gasteiger partial charge is 0.191 e. The van der Waals surface area contributed by atoms with Gasteiger partial charge < -0.3 is 20.1 Å². The number of nitrogens with zero attached hydrogens (tertiary/aromatic N) is 2. The predicted octanol–water partition coefficient (Wildman–Crippen LogP) is 3.11. The Morgan fingerprint density at radius 1 is 1.04 bits per heavy atom. The molecule has 0 aromatic heterocycles. The molecule has 0 saturated carbocycles. The summed E-state index contributed by atoms with van der Waals surface area (Å²) in [6.45, 7) is 13.9. The molecule has 0 aromatic carbocycles. The molecule has 1 unspecified atom stereocenters. The lowest BCUT2D eigenvalue weighted by atomic mass is 9.93. The normalized spacial score (nSPS) is 16.4. The maximum atomic E-state index is 5.51. The molecule has 0 spiro atoms. The lowest BCUT2D eigenvalue weighted by Gasteiger charge is -2.32. The Kier molecular flexibility index (Phi) is 17.9. The summed E-state index contributed by atoms with van der Waals surface area (Å²) in [6, 6.07) is 0.570. The van der Waals surface area contributed by atoms with Gasteiger partial charge in [-0.2, -0.15) is 0 Å². The minimum absolute atomic E-state index is 0. The number of methoxy groups -OCH3 is 1. The zero-order chi connectivity index (χ0) is 19.0. The number of halogens is 1. The van der Waals surface area contributed by atoms with E-state index >= 15 is 0 Å². The van der Waals surface area contributed by atoms with Crippen LogP contribution >= 0.6 is 24.0 Å². The number of guanidine groups is 1. The van der Waals surface area contributed by atoms with Gasteiger partial charge in [-0.25, -0.2) is 0 Å². The van der Waals surface area contributed by atoms with Crippen LogP contribution in [0.3, 0.4) is 0 Å². The lowest BCUT2D eigenvalue weighted by molar-refractivity contribution is 0.0698. The van der Waals surface area contributed by atoms with Crippen LogP contribution in [0.4, 0.5) is 0 Å². The van der Waals surface area contributed by atoms with Gasteiger partial charge in [0.2, 0.25) is 0 Å². The molecule has 1 rings (SSSR count). The van der Waals surface area contributed by atoms with Crippen molar-refractivity contribution in [3.63, 3.8) is 0 Å². The van der Waals surface area contributed by atoms with E-state index in [2.05, 4.69) is 36.3 Å². The van der Waals surface area contributed by atoms with Gasteiger partial charge >= 0.3 is 0 Å². The van der Waals surface area contributed by atoms with E-state index in [1.165, 1.54) is 38.8 Å². The van der Waals surface area contributed by atoms with Crippen LogP contribution in [-0.4, -0.2) is 76.6 Å². The quantitative estimate of drug-likeness (QED) is 0.167. The van der Waals surface area contributed by atoms with E-state index in [-0.39, 0.29) is 24.0 Å². The van der Waals surface area contributed by atoms with Crippen LogP contribution in [0.15, 0.2) is 4.99 Å². The van der Waals surface area contributed by atoms with E-state index in [0.29, 0.717) is 19.3 Å². The first-order chi connectivity index (χ1) is 12.8. The summed E-state index contributed by atoms with van der Waals surface area (Å²) in [6.07, 6.45) is 6.10. The average molecular weight is 498 g/mol. The van der Waals surface area contributed by atoms with Crippen molar-refractivity contribution in [3.05, 3.63) is 0 Å². The molecule has 0 amide bonds. The molecule has 162 valence electrons. The van der Waals surface area contributed by atoms with Crippen LogP contribution in [0.25, 0.3) is 0 Å². The van der Waals surface area contributed by atoms with Crippen LogP contribution < -0.4 is 10.6 Å². The number of rotatable bonds is 14. The summed E-state index contributed by atoms with van der Waals surface area (Å²) in [5, 5.41) is 6.82. The van der Waals surface area contributed by atoms with Crippen LogP contribution in [0.1, 0.15) is 52.9 Å². The first-order valence-corrected chi connectivity index (χ1v) is 10.6. The molecule has 1 aliphatic rings. The minimum Gasteiger partial charge on any atom is -0.382 e. The van der Waals surface area contributed by atoms with E-state index in [4.69, 9.17) is 14.5 Å². The van der Waals surface area contributed by atoms with E-state index in [0.717, 1.165) is 44.5 Å². The zero-order valence-corrected chi connectivity index (χ0v) is 20.3. The third kappa shape index (κ3) is 11.5. The highest BCUT2D eigenvalue weighted by atomic mass is 127. The second kappa shape index (κ2) is 17.9. The Bertz CT molecular complexity index is 360. The maximum Gasteiger partial charge on any atom is 0.191 e. The Hall–Kier alpha value is -0.120. The number of likely N-dealkylation sites (tertiary alicyclic amines) is 1. The summed E-state index contributed by atoms with van der Waals surface area (Å²) in [5.41, 5.74) is 0. The van der Waals surface area contributed by atoms with E-state index in [1.54, 1.807) is 7.11 Å². The van der Waals surface area contributed by atoms with Crippen LogP contribution in [-0.2, 0) is 9.47 Å². The fourth-order valence-corrected chi connectivity index (χ4v) is 3.62. The molecule has 1 saturated heterocycles. The van der Waals surface area contributed by atoms with Gasteiger partial charge in [0.15, 0.2) is 5.96 Å². The molecule has 0 radical (unpaired) electrons. The minimum atomic E-state index is 0. The van der Waals surface area contributed by atoms with Crippen molar-refractivity contribution in [3.8, 4) is 0 Å². The lowest BCUT2D eigenvalue weighted by Crippen LogP contribution is -2.43. The Morgan fingerprint density at radius 2 is 1.74 bits per heavy atom. The molecular formula is C20H43IN4O2. The molecule has 27 heavy (non-hydrogen) atoms. The van der Waals surface area contributed by atoms with Gasteiger partial charge in [0.25, 0.3) is 0 Å². The van der Waals surface area contributed by atoms with Crippen molar-refractivity contribution in [2.75, 3.05) is 59.7 Å². The molecule has 6 nitrogen and oxygen atoms in total. The summed E-state index contributed by atoms with van der Waals surface area (Å²) in [4.78, 5) is 7.58. The number of aliphatic imine (C=N–C) groups is 1. The number of nitrogens with one attached hydrogen (secondary N) is 2. The standard InChI is InChI=1S/C20H42N4O2.HI/c1-5-18(6-2)19(24-12-8-9-13-24)17-23-20(21-7-3)22-11-10-14-26-16-15-25-4;/h18-19H,5-17H2,1-4H3,(H2,21,22,23);1H. The first-order valence-electron chi connectivity index (χ1n) is 10.6. The third-order valence-electron chi connectivity index (χ3n) is 5.17. The molecule has 1 heterocycles.